The number of amides is 1. The second-order valence-electron chi connectivity index (χ2n) is 7.83. The van der Waals surface area contributed by atoms with E-state index in [2.05, 4.69) is 20.6 Å². The monoisotopic (exact) mass is 466 g/mol. The van der Waals surface area contributed by atoms with Crippen LogP contribution in [0.15, 0.2) is 18.2 Å². The molecule has 1 amide bonds. The Morgan fingerprint density at radius 1 is 1.21 bits per heavy atom. The Hall–Kier alpha value is -2.76. The minimum atomic E-state index is -2.92. The van der Waals surface area contributed by atoms with Gasteiger partial charge in [0.05, 0.1) is 49.1 Å². The minimum absolute atomic E-state index is 0.0394. The van der Waals surface area contributed by atoms with Crippen LogP contribution in [-0.2, 0) is 32.0 Å². The summed E-state index contributed by atoms with van der Waals surface area (Å²) in [7, 11) is 0. The van der Waals surface area contributed by atoms with Crippen molar-refractivity contribution in [2.24, 2.45) is 0 Å². The van der Waals surface area contributed by atoms with E-state index in [1.807, 2.05) is 0 Å². The number of rotatable bonds is 8. The first kappa shape index (κ1) is 23.4. The first-order chi connectivity index (χ1) is 15.9. The maximum absolute atomic E-state index is 14.5. The van der Waals surface area contributed by atoms with E-state index in [-0.39, 0.29) is 30.5 Å². The summed E-state index contributed by atoms with van der Waals surface area (Å²) in [6.07, 6.45) is -3.02. The summed E-state index contributed by atoms with van der Waals surface area (Å²) in [5.74, 6) is -0.528. The van der Waals surface area contributed by atoms with Crippen LogP contribution in [0.5, 0.6) is 0 Å². The Labute approximate surface area is 188 Å². The number of nitrogens with one attached hydrogen (secondary N) is 2. The fourth-order valence-corrected chi connectivity index (χ4v) is 3.84. The number of halogens is 3. The van der Waals surface area contributed by atoms with Gasteiger partial charge in [0.15, 0.2) is 6.29 Å². The molecule has 0 saturated carbocycles. The third kappa shape index (κ3) is 5.60. The molecule has 33 heavy (non-hydrogen) atoms. The normalized spacial score (nSPS) is 18.8. The molecule has 0 bridgehead atoms. The van der Waals surface area contributed by atoms with E-state index in [0.717, 1.165) is 12.5 Å². The molecule has 2 aliphatic heterocycles. The number of aromatic nitrogens is 2. The molecule has 1 atom stereocenters. The van der Waals surface area contributed by atoms with Gasteiger partial charge in [0.25, 0.3) is 6.43 Å². The summed E-state index contributed by atoms with van der Waals surface area (Å²) >= 11 is 0. The first-order valence-corrected chi connectivity index (χ1v) is 10.7. The van der Waals surface area contributed by atoms with Crippen LogP contribution in [0, 0.1) is 12.7 Å². The Balaban J connectivity index is 1.59. The summed E-state index contributed by atoms with van der Waals surface area (Å²) in [6.45, 7) is 3.33. The molecular formula is C22H25F3N4O4. The van der Waals surface area contributed by atoms with Gasteiger partial charge in [0, 0.05) is 18.7 Å². The Morgan fingerprint density at radius 2 is 2.00 bits per heavy atom. The highest BCUT2D eigenvalue weighted by Gasteiger charge is 2.29. The SMILES string of the molecule is Cc1nc(CC(=O)NC2CCOC2)c(C2OCCO2)c(NCc2cccc(C(F)F)c2F)n1. The minimum Gasteiger partial charge on any atom is -0.379 e. The van der Waals surface area contributed by atoms with Crippen molar-refractivity contribution in [1.29, 1.82) is 0 Å². The molecule has 3 heterocycles. The summed E-state index contributed by atoms with van der Waals surface area (Å²) in [5.41, 5.74) is 0.240. The Kier molecular flexibility index (Phi) is 7.41. The molecule has 2 aliphatic rings. The molecule has 11 heteroatoms. The zero-order valence-electron chi connectivity index (χ0n) is 18.1. The number of benzene rings is 1. The molecule has 1 aromatic heterocycles. The third-order valence-corrected chi connectivity index (χ3v) is 5.41. The maximum Gasteiger partial charge on any atom is 0.266 e. The number of alkyl halides is 2. The maximum atomic E-state index is 14.5. The molecular weight excluding hydrogens is 441 g/mol. The number of nitrogens with zero attached hydrogens (tertiary/aromatic N) is 2. The topological polar surface area (TPSA) is 94.6 Å². The predicted octanol–water partition coefficient (Wildman–Crippen LogP) is 2.97. The predicted molar refractivity (Wildman–Crippen MR) is 111 cm³/mol. The smallest absolute Gasteiger partial charge is 0.266 e. The first-order valence-electron chi connectivity index (χ1n) is 10.7. The van der Waals surface area contributed by atoms with Gasteiger partial charge in [-0.25, -0.2) is 23.1 Å². The summed E-state index contributed by atoms with van der Waals surface area (Å²) in [5, 5.41) is 5.91. The van der Waals surface area contributed by atoms with Crippen molar-refractivity contribution in [2.75, 3.05) is 31.7 Å². The van der Waals surface area contributed by atoms with Gasteiger partial charge in [-0.3, -0.25) is 4.79 Å². The van der Waals surface area contributed by atoms with Crippen LogP contribution < -0.4 is 10.6 Å². The second kappa shape index (κ2) is 10.4. The molecule has 0 aliphatic carbocycles. The van der Waals surface area contributed by atoms with Crippen LogP contribution in [-0.4, -0.2) is 48.3 Å². The van der Waals surface area contributed by atoms with Gasteiger partial charge in [0.2, 0.25) is 5.91 Å². The highest BCUT2D eigenvalue weighted by atomic mass is 19.3. The van der Waals surface area contributed by atoms with Crippen molar-refractivity contribution >= 4 is 11.7 Å². The molecule has 1 unspecified atom stereocenters. The highest BCUT2D eigenvalue weighted by molar-refractivity contribution is 5.79. The molecule has 2 N–H and O–H groups in total. The van der Waals surface area contributed by atoms with Crippen LogP contribution in [0.4, 0.5) is 19.0 Å². The summed E-state index contributed by atoms with van der Waals surface area (Å²) < 4.78 is 57.2. The quantitative estimate of drug-likeness (QED) is 0.618. The van der Waals surface area contributed by atoms with Crippen molar-refractivity contribution in [2.45, 2.75) is 45.1 Å². The fraction of sp³-hybridized carbons (Fsp3) is 0.500. The van der Waals surface area contributed by atoms with Crippen molar-refractivity contribution < 1.29 is 32.2 Å². The van der Waals surface area contributed by atoms with Crippen LogP contribution in [0.3, 0.4) is 0 Å². The van der Waals surface area contributed by atoms with Crippen LogP contribution >= 0.6 is 0 Å². The largest absolute Gasteiger partial charge is 0.379 e. The summed E-state index contributed by atoms with van der Waals surface area (Å²) in [4.78, 5) is 21.4. The number of anilines is 1. The molecule has 2 saturated heterocycles. The van der Waals surface area contributed by atoms with E-state index in [9.17, 15) is 18.0 Å². The molecule has 0 radical (unpaired) electrons. The van der Waals surface area contributed by atoms with Crippen LogP contribution in [0.25, 0.3) is 0 Å². The zero-order valence-corrected chi connectivity index (χ0v) is 18.1. The van der Waals surface area contributed by atoms with Crippen molar-refractivity contribution in [1.82, 2.24) is 15.3 Å². The molecule has 1 aromatic carbocycles. The van der Waals surface area contributed by atoms with Gasteiger partial charge in [-0.1, -0.05) is 18.2 Å². The molecule has 178 valence electrons. The molecule has 0 spiro atoms. The average molecular weight is 466 g/mol. The highest BCUT2D eigenvalue weighted by Crippen LogP contribution is 2.32. The van der Waals surface area contributed by atoms with Crippen molar-refractivity contribution in [3.63, 3.8) is 0 Å². The fourth-order valence-electron chi connectivity index (χ4n) is 3.84. The van der Waals surface area contributed by atoms with E-state index in [1.54, 1.807) is 6.92 Å². The number of ether oxygens (including phenoxy) is 3. The molecule has 4 rings (SSSR count). The number of carbonyl (C=O) groups excluding carboxylic acids is 1. The summed E-state index contributed by atoms with van der Waals surface area (Å²) in [6, 6.07) is 3.79. The van der Waals surface area contributed by atoms with Gasteiger partial charge in [-0.05, 0) is 13.3 Å². The van der Waals surface area contributed by atoms with E-state index in [4.69, 9.17) is 14.2 Å². The number of carbonyl (C=O) groups is 1. The number of hydrogen-bond donors (Lipinski definition) is 2. The molecule has 2 fully saturated rings. The second-order valence-corrected chi connectivity index (χ2v) is 7.83. The van der Waals surface area contributed by atoms with Crippen LogP contribution in [0.1, 0.15) is 47.3 Å². The lowest BCUT2D eigenvalue weighted by Crippen LogP contribution is -2.36. The Bertz CT molecular complexity index is 996. The standard InChI is InChI=1S/C22H25F3N4O4/c1-12-27-16(9-17(30)29-14-5-6-31-11-14)18(22-32-7-8-33-22)21(28-12)26-10-13-3-2-4-15(19(13)23)20(24)25/h2-4,14,20,22H,5-11H2,1H3,(H,29,30)(H,26,27,28). The van der Waals surface area contributed by atoms with Gasteiger partial charge in [-0.2, -0.15) is 0 Å². The average Bonchev–Trinajstić information content (AvgIpc) is 3.47. The van der Waals surface area contributed by atoms with E-state index >= 15 is 0 Å². The van der Waals surface area contributed by atoms with Gasteiger partial charge in [0.1, 0.15) is 17.5 Å². The lowest BCUT2D eigenvalue weighted by atomic mass is 10.1. The van der Waals surface area contributed by atoms with Gasteiger partial charge in [-0.15, -0.1) is 0 Å². The molecule has 8 nitrogen and oxygen atoms in total. The van der Waals surface area contributed by atoms with E-state index in [0.29, 0.717) is 49.3 Å². The van der Waals surface area contributed by atoms with Crippen LogP contribution in [0.2, 0.25) is 0 Å². The van der Waals surface area contributed by atoms with Gasteiger partial charge >= 0.3 is 0 Å². The number of aryl methyl sites for hydroxylation is 1. The third-order valence-electron chi connectivity index (χ3n) is 5.41. The molecule has 2 aromatic rings. The van der Waals surface area contributed by atoms with Crippen molar-refractivity contribution in [3.05, 3.63) is 52.2 Å². The van der Waals surface area contributed by atoms with Crippen molar-refractivity contribution in [3.8, 4) is 0 Å². The lowest BCUT2D eigenvalue weighted by Gasteiger charge is -2.20. The van der Waals surface area contributed by atoms with E-state index in [1.165, 1.54) is 12.1 Å². The number of hydrogen-bond acceptors (Lipinski definition) is 7. The van der Waals surface area contributed by atoms with E-state index < -0.39 is 24.1 Å². The Morgan fingerprint density at radius 3 is 2.70 bits per heavy atom. The van der Waals surface area contributed by atoms with Gasteiger partial charge < -0.3 is 24.8 Å². The lowest BCUT2D eigenvalue weighted by molar-refractivity contribution is -0.121. The zero-order chi connectivity index (χ0) is 23.4.